The number of hydrazone groups is 1. The van der Waals surface area contributed by atoms with E-state index in [4.69, 9.17) is 5.41 Å². The SMILES string of the molecule is Cc1csc(C2=C(O)CN(/N=C/c3ccncc3)C2=N)n1. The van der Waals surface area contributed by atoms with Crippen LogP contribution in [0.1, 0.15) is 16.3 Å². The summed E-state index contributed by atoms with van der Waals surface area (Å²) in [6.45, 7) is 2.07. The Morgan fingerprint density at radius 1 is 1.43 bits per heavy atom. The molecule has 0 bridgehead atoms. The lowest BCUT2D eigenvalue weighted by molar-refractivity contribution is 0.358. The first-order valence-corrected chi connectivity index (χ1v) is 7.18. The molecule has 0 radical (unpaired) electrons. The fraction of sp³-hybridized carbons (Fsp3) is 0.143. The van der Waals surface area contributed by atoms with Crippen LogP contribution >= 0.6 is 11.3 Å². The maximum absolute atomic E-state index is 10.1. The van der Waals surface area contributed by atoms with Crippen LogP contribution < -0.4 is 0 Å². The van der Waals surface area contributed by atoms with Gasteiger partial charge in [-0.3, -0.25) is 10.4 Å². The molecule has 1 aliphatic rings. The van der Waals surface area contributed by atoms with E-state index in [1.165, 1.54) is 16.3 Å². The molecular formula is C14H13N5OS. The molecule has 1 aliphatic heterocycles. The third-order valence-corrected chi connectivity index (χ3v) is 3.95. The van der Waals surface area contributed by atoms with E-state index in [9.17, 15) is 5.11 Å². The minimum Gasteiger partial charge on any atom is -0.509 e. The van der Waals surface area contributed by atoms with E-state index >= 15 is 0 Å². The van der Waals surface area contributed by atoms with E-state index < -0.39 is 0 Å². The summed E-state index contributed by atoms with van der Waals surface area (Å²) in [5.41, 5.74) is 2.22. The van der Waals surface area contributed by atoms with Crippen LogP contribution in [-0.4, -0.2) is 38.7 Å². The van der Waals surface area contributed by atoms with Gasteiger partial charge in [-0.25, -0.2) is 9.99 Å². The largest absolute Gasteiger partial charge is 0.509 e. The van der Waals surface area contributed by atoms with Crippen molar-refractivity contribution in [3.05, 3.63) is 51.9 Å². The molecule has 0 aliphatic carbocycles. The topological polar surface area (TPSA) is 85.5 Å². The first-order chi connectivity index (χ1) is 10.1. The number of aromatic nitrogens is 2. The zero-order valence-electron chi connectivity index (χ0n) is 11.3. The van der Waals surface area contributed by atoms with E-state index in [2.05, 4.69) is 15.1 Å². The van der Waals surface area contributed by atoms with E-state index in [0.29, 0.717) is 10.6 Å². The molecule has 0 spiro atoms. The van der Waals surface area contributed by atoms with Crippen LogP contribution in [-0.2, 0) is 0 Å². The number of nitrogens with zero attached hydrogens (tertiary/aromatic N) is 4. The summed E-state index contributed by atoms with van der Waals surface area (Å²) in [5.74, 6) is 0.286. The number of hydrogen-bond donors (Lipinski definition) is 2. The van der Waals surface area contributed by atoms with Gasteiger partial charge >= 0.3 is 0 Å². The minimum absolute atomic E-state index is 0.126. The van der Waals surface area contributed by atoms with Crippen molar-refractivity contribution in [1.82, 2.24) is 15.0 Å². The van der Waals surface area contributed by atoms with Crippen LogP contribution in [0.2, 0.25) is 0 Å². The summed E-state index contributed by atoms with van der Waals surface area (Å²) in [6, 6.07) is 3.64. The van der Waals surface area contributed by atoms with E-state index in [1.54, 1.807) is 18.6 Å². The van der Waals surface area contributed by atoms with Gasteiger partial charge < -0.3 is 5.11 Å². The molecule has 2 N–H and O–H groups in total. The first kappa shape index (κ1) is 13.4. The molecule has 0 fully saturated rings. The van der Waals surface area contributed by atoms with Gasteiger partial charge in [0, 0.05) is 23.5 Å². The zero-order chi connectivity index (χ0) is 14.8. The highest BCUT2D eigenvalue weighted by Gasteiger charge is 2.29. The molecule has 0 aromatic carbocycles. The summed E-state index contributed by atoms with van der Waals surface area (Å²) in [4.78, 5) is 8.25. The summed E-state index contributed by atoms with van der Waals surface area (Å²) in [5, 5.41) is 26.5. The zero-order valence-corrected chi connectivity index (χ0v) is 12.1. The van der Waals surface area contributed by atoms with Crippen molar-refractivity contribution >= 4 is 29.0 Å². The number of rotatable bonds is 3. The van der Waals surface area contributed by atoms with Gasteiger partial charge in [0.15, 0.2) is 5.84 Å². The standard InChI is InChI=1S/C14H13N5OS/c1-9-8-21-14(18-9)12-11(20)7-19(13(12)15)17-6-10-2-4-16-5-3-10/h2-6,8,15,20H,7H2,1H3/b15-13?,17-6+. The summed E-state index contributed by atoms with van der Waals surface area (Å²) >= 11 is 1.41. The highest BCUT2D eigenvalue weighted by atomic mass is 32.1. The van der Waals surface area contributed by atoms with Crippen molar-refractivity contribution in [2.24, 2.45) is 5.10 Å². The quantitative estimate of drug-likeness (QED) is 0.852. The predicted octanol–water partition coefficient (Wildman–Crippen LogP) is 2.44. The number of amidine groups is 1. The molecule has 0 saturated carbocycles. The van der Waals surface area contributed by atoms with Crippen LogP contribution in [0.25, 0.3) is 5.57 Å². The van der Waals surface area contributed by atoms with Crippen molar-refractivity contribution in [2.75, 3.05) is 6.54 Å². The maximum Gasteiger partial charge on any atom is 0.155 e. The molecular weight excluding hydrogens is 286 g/mol. The maximum atomic E-state index is 10.1. The number of aryl methyl sites for hydroxylation is 1. The number of aliphatic hydroxyl groups excluding tert-OH is 1. The van der Waals surface area contributed by atoms with Gasteiger partial charge in [-0.2, -0.15) is 5.10 Å². The van der Waals surface area contributed by atoms with Crippen molar-refractivity contribution in [1.29, 1.82) is 5.41 Å². The molecule has 106 valence electrons. The lowest BCUT2D eigenvalue weighted by Gasteiger charge is -2.10. The second-order valence-corrected chi connectivity index (χ2v) is 5.41. The normalized spacial score (nSPS) is 15.5. The molecule has 0 saturated heterocycles. The van der Waals surface area contributed by atoms with Crippen molar-refractivity contribution in [2.45, 2.75) is 6.92 Å². The molecule has 2 aromatic heterocycles. The molecule has 0 amide bonds. The molecule has 0 unspecified atom stereocenters. The van der Waals surface area contributed by atoms with E-state index in [0.717, 1.165) is 11.3 Å². The third-order valence-electron chi connectivity index (χ3n) is 2.97. The number of pyridine rings is 1. The fourth-order valence-corrected chi connectivity index (χ4v) is 2.81. The fourth-order valence-electron chi connectivity index (χ4n) is 1.94. The number of nitrogens with one attached hydrogen (secondary N) is 1. The van der Waals surface area contributed by atoms with Gasteiger partial charge in [-0.15, -0.1) is 11.3 Å². The second kappa shape index (κ2) is 5.45. The van der Waals surface area contributed by atoms with Gasteiger partial charge in [-0.05, 0) is 24.6 Å². The number of aliphatic hydroxyl groups is 1. The smallest absolute Gasteiger partial charge is 0.155 e. The Hall–Kier alpha value is -2.54. The molecule has 7 heteroatoms. The molecule has 6 nitrogen and oxygen atoms in total. The van der Waals surface area contributed by atoms with Gasteiger partial charge in [0.05, 0.1) is 11.8 Å². The van der Waals surface area contributed by atoms with Crippen LogP contribution in [0.3, 0.4) is 0 Å². The number of hydrogen-bond acceptors (Lipinski definition) is 6. The van der Waals surface area contributed by atoms with E-state index in [1.807, 2.05) is 24.4 Å². The predicted molar refractivity (Wildman–Crippen MR) is 82.7 cm³/mol. The van der Waals surface area contributed by atoms with Crippen LogP contribution in [0.4, 0.5) is 0 Å². The minimum atomic E-state index is 0.126. The Labute approximate surface area is 125 Å². The molecule has 21 heavy (non-hydrogen) atoms. The van der Waals surface area contributed by atoms with E-state index in [-0.39, 0.29) is 18.1 Å². The molecule has 3 rings (SSSR count). The summed E-state index contributed by atoms with van der Waals surface area (Å²) < 4.78 is 0. The van der Waals surface area contributed by atoms with Crippen molar-refractivity contribution < 1.29 is 5.11 Å². The van der Waals surface area contributed by atoms with Crippen LogP contribution in [0.15, 0.2) is 40.8 Å². The average molecular weight is 299 g/mol. The third kappa shape index (κ3) is 2.68. The Morgan fingerprint density at radius 2 is 2.19 bits per heavy atom. The van der Waals surface area contributed by atoms with Gasteiger partial charge in [0.2, 0.25) is 0 Å². The monoisotopic (exact) mass is 299 g/mol. The molecule has 3 heterocycles. The average Bonchev–Trinajstić information content (AvgIpc) is 3.01. The lowest BCUT2D eigenvalue weighted by Crippen LogP contribution is -2.20. The molecule has 2 aromatic rings. The van der Waals surface area contributed by atoms with Gasteiger partial charge in [-0.1, -0.05) is 0 Å². The van der Waals surface area contributed by atoms with Crippen molar-refractivity contribution in [3.8, 4) is 0 Å². The van der Waals surface area contributed by atoms with Gasteiger partial charge in [0.1, 0.15) is 17.3 Å². The Morgan fingerprint density at radius 3 is 2.86 bits per heavy atom. The van der Waals surface area contributed by atoms with Crippen LogP contribution in [0.5, 0.6) is 0 Å². The first-order valence-electron chi connectivity index (χ1n) is 6.30. The second-order valence-electron chi connectivity index (χ2n) is 4.55. The highest BCUT2D eigenvalue weighted by Crippen LogP contribution is 2.29. The molecule has 0 atom stereocenters. The Balaban J connectivity index is 1.80. The summed E-state index contributed by atoms with van der Waals surface area (Å²) in [7, 11) is 0. The van der Waals surface area contributed by atoms with Gasteiger partial charge in [0.25, 0.3) is 0 Å². The summed E-state index contributed by atoms with van der Waals surface area (Å²) in [6.07, 6.45) is 4.99. The number of thiazole rings is 1. The van der Waals surface area contributed by atoms with Crippen molar-refractivity contribution in [3.63, 3.8) is 0 Å². The highest BCUT2D eigenvalue weighted by molar-refractivity contribution is 7.11. The Kier molecular flexibility index (Phi) is 3.49. The lowest BCUT2D eigenvalue weighted by atomic mass is 10.2. The van der Waals surface area contributed by atoms with Crippen LogP contribution in [0, 0.1) is 12.3 Å². The Bertz CT molecular complexity index is 735.